The molecule has 0 aliphatic carbocycles. The summed E-state index contributed by atoms with van der Waals surface area (Å²) >= 11 is 1.72. The van der Waals surface area contributed by atoms with Gasteiger partial charge in [-0.1, -0.05) is 13.8 Å². The molecule has 0 radical (unpaired) electrons. The second-order valence-electron chi connectivity index (χ2n) is 4.83. The first-order valence-electron chi connectivity index (χ1n) is 7.32. The molecule has 122 valence electrons. The van der Waals surface area contributed by atoms with Crippen LogP contribution in [-0.4, -0.2) is 48.8 Å². The number of nitrogens with one attached hydrogen (secondary N) is 2. The quantitative estimate of drug-likeness (QED) is 0.597. The molecule has 0 amide bonds. The molecule has 6 nitrogen and oxygen atoms in total. The fourth-order valence-electron chi connectivity index (χ4n) is 1.81. The molecule has 0 aliphatic heterocycles. The molecule has 8 heteroatoms. The Labute approximate surface area is 132 Å². The standard InChI is InChI=1S/C13H26N4O2S2/c1-4-14-7-6-8-17-10-13(9-15-17)21(18,19)16-12(3)11-20-5-2/h9-10,12,14,16H,4-8,11H2,1-3H3. The highest BCUT2D eigenvalue weighted by Crippen LogP contribution is 2.10. The van der Waals surface area contributed by atoms with E-state index in [9.17, 15) is 8.42 Å². The van der Waals surface area contributed by atoms with E-state index in [2.05, 4.69) is 29.0 Å². The van der Waals surface area contributed by atoms with E-state index in [-0.39, 0.29) is 10.9 Å². The maximum Gasteiger partial charge on any atom is 0.243 e. The fourth-order valence-corrected chi connectivity index (χ4v) is 3.78. The highest BCUT2D eigenvalue weighted by Gasteiger charge is 2.19. The van der Waals surface area contributed by atoms with E-state index in [1.165, 1.54) is 6.20 Å². The SMILES string of the molecule is CCNCCCn1cc(S(=O)(=O)NC(C)CSCC)cn1. The molecule has 0 aromatic carbocycles. The number of hydrogen-bond acceptors (Lipinski definition) is 5. The lowest BCUT2D eigenvalue weighted by molar-refractivity contribution is 0.548. The van der Waals surface area contributed by atoms with Crippen molar-refractivity contribution in [3.8, 4) is 0 Å². The zero-order valence-electron chi connectivity index (χ0n) is 13.0. The van der Waals surface area contributed by atoms with Gasteiger partial charge in [-0.3, -0.25) is 4.68 Å². The molecule has 0 fully saturated rings. The van der Waals surface area contributed by atoms with Crippen molar-refractivity contribution in [2.45, 2.75) is 44.7 Å². The number of hydrogen-bond donors (Lipinski definition) is 2. The van der Waals surface area contributed by atoms with E-state index >= 15 is 0 Å². The molecule has 1 atom stereocenters. The molecular weight excluding hydrogens is 308 g/mol. The first-order chi connectivity index (χ1) is 9.99. The molecule has 1 heterocycles. The Bertz CT molecular complexity index is 502. The topological polar surface area (TPSA) is 76.0 Å². The number of thioether (sulfide) groups is 1. The molecule has 0 bridgehead atoms. The zero-order valence-corrected chi connectivity index (χ0v) is 14.6. The number of aryl methyl sites for hydroxylation is 1. The normalized spacial score (nSPS) is 13.5. The van der Waals surface area contributed by atoms with Crippen molar-refractivity contribution < 1.29 is 8.42 Å². The number of sulfonamides is 1. The summed E-state index contributed by atoms with van der Waals surface area (Å²) < 4.78 is 28.8. The van der Waals surface area contributed by atoms with E-state index in [4.69, 9.17) is 0 Å². The van der Waals surface area contributed by atoms with E-state index < -0.39 is 10.0 Å². The summed E-state index contributed by atoms with van der Waals surface area (Å²) in [5.74, 6) is 1.75. The van der Waals surface area contributed by atoms with Crippen LogP contribution in [0.3, 0.4) is 0 Å². The summed E-state index contributed by atoms with van der Waals surface area (Å²) in [7, 11) is -3.47. The molecule has 0 saturated heterocycles. The minimum atomic E-state index is -3.47. The van der Waals surface area contributed by atoms with Gasteiger partial charge in [0.1, 0.15) is 4.90 Å². The highest BCUT2D eigenvalue weighted by molar-refractivity contribution is 7.99. The van der Waals surface area contributed by atoms with Crippen LogP contribution in [0.4, 0.5) is 0 Å². The van der Waals surface area contributed by atoms with Crippen molar-refractivity contribution in [3.63, 3.8) is 0 Å². The zero-order chi connectivity index (χ0) is 15.7. The van der Waals surface area contributed by atoms with Crippen molar-refractivity contribution in [2.24, 2.45) is 0 Å². The monoisotopic (exact) mass is 334 g/mol. The molecule has 0 saturated carbocycles. The van der Waals surface area contributed by atoms with Crippen molar-refractivity contribution in [1.82, 2.24) is 19.8 Å². The van der Waals surface area contributed by atoms with Gasteiger partial charge in [-0.05, 0) is 32.2 Å². The summed E-state index contributed by atoms with van der Waals surface area (Å²) in [5.41, 5.74) is 0. The Hall–Kier alpha value is -0.570. The summed E-state index contributed by atoms with van der Waals surface area (Å²) in [4.78, 5) is 0.235. The minimum absolute atomic E-state index is 0.0861. The van der Waals surface area contributed by atoms with Crippen LogP contribution in [0.5, 0.6) is 0 Å². The van der Waals surface area contributed by atoms with Gasteiger partial charge in [0.15, 0.2) is 0 Å². The minimum Gasteiger partial charge on any atom is -0.317 e. The largest absolute Gasteiger partial charge is 0.317 e. The molecule has 1 aromatic rings. The molecule has 0 spiro atoms. The fraction of sp³-hybridized carbons (Fsp3) is 0.769. The smallest absolute Gasteiger partial charge is 0.243 e. The lowest BCUT2D eigenvalue weighted by Crippen LogP contribution is -2.34. The second kappa shape index (κ2) is 9.45. The van der Waals surface area contributed by atoms with Gasteiger partial charge in [-0.15, -0.1) is 0 Å². The van der Waals surface area contributed by atoms with Crippen LogP contribution >= 0.6 is 11.8 Å². The van der Waals surface area contributed by atoms with Crippen molar-refractivity contribution in [1.29, 1.82) is 0 Å². The van der Waals surface area contributed by atoms with E-state index in [0.29, 0.717) is 6.54 Å². The maximum atomic E-state index is 12.2. The lowest BCUT2D eigenvalue weighted by Gasteiger charge is -2.12. The Morgan fingerprint density at radius 3 is 2.86 bits per heavy atom. The molecule has 1 rings (SSSR count). The van der Waals surface area contributed by atoms with Gasteiger partial charge in [-0.25, -0.2) is 13.1 Å². The summed E-state index contributed by atoms with van der Waals surface area (Å²) in [6.07, 6.45) is 3.93. The average molecular weight is 335 g/mol. The Morgan fingerprint density at radius 1 is 1.43 bits per heavy atom. The number of nitrogens with zero attached hydrogens (tertiary/aromatic N) is 2. The van der Waals surface area contributed by atoms with Crippen LogP contribution in [-0.2, 0) is 16.6 Å². The molecule has 1 unspecified atom stereocenters. The summed E-state index contributed by atoms with van der Waals surface area (Å²) in [6, 6.07) is -0.0861. The van der Waals surface area contributed by atoms with Gasteiger partial charge in [-0.2, -0.15) is 16.9 Å². The van der Waals surface area contributed by atoms with E-state index in [1.807, 2.05) is 6.92 Å². The van der Waals surface area contributed by atoms with Gasteiger partial charge < -0.3 is 5.32 Å². The van der Waals surface area contributed by atoms with Gasteiger partial charge >= 0.3 is 0 Å². The van der Waals surface area contributed by atoms with Gasteiger partial charge in [0.2, 0.25) is 10.0 Å². The van der Waals surface area contributed by atoms with Gasteiger partial charge in [0.25, 0.3) is 0 Å². The van der Waals surface area contributed by atoms with Crippen LogP contribution in [0, 0.1) is 0 Å². The van der Waals surface area contributed by atoms with Crippen LogP contribution in [0.25, 0.3) is 0 Å². The first kappa shape index (κ1) is 18.5. The average Bonchev–Trinajstić information content (AvgIpc) is 2.90. The molecule has 1 aromatic heterocycles. The third-order valence-corrected chi connectivity index (χ3v) is 5.53. The van der Waals surface area contributed by atoms with E-state index in [1.54, 1.807) is 22.6 Å². The molecule has 0 aliphatic rings. The van der Waals surface area contributed by atoms with Gasteiger partial charge in [0.05, 0.1) is 6.20 Å². The van der Waals surface area contributed by atoms with Crippen LogP contribution < -0.4 is 10.0 Å². The second-order valence-corrected chi connectivity index (χ2v) is 7.86. The predicted octanol–water partition coefficient (Wildman–Crippen LogP) is 1.30. The Balaban J connectivity index is 2.53. The first-order valence-corrected chi connectivity index (χ1v) is 9.96. The third kappa shape index (κ3) is 6.82. The molecule has 21 heavy (non-hydrogen) atoms. The molecular formula is C13H26N4O2S2. The predicted molar refractivity (Wildman–Crippen MR) is 88.2 cm³/mol. The molecule has 2 N–H and O–H groups in total. The van der Waals surface area contributed by atoms with E-state index in [0.717, 1.165) is 31.0 Å². The Morgan fingerprint density at radius 2 is 2.19 bits per heavy atom. The number of rotatable bonds is 11. The summed E-state index contributed by atoms with van der Waals surface area (Å²) in [6.45, 7) is 8.55. The highest BCUT2D eigenvalue weighted by atomic mass is 32.2. The number of aromatic nitrogens is 2. The van der Waals surface area contributed by atoms with Crippen molar-refractivity contribution in [3.05, 3.63) is 12.4 Å². The lowest BCUT2D eigenvalue weighted by atomic mass is 10.4. The third-order valence-electron chi connectivity index (χ3n) is 2.84. The van der Waals surface area contributed by atoms with Gasteiger partial charge in [0, 0.05) is 24.5 Å². The van der Waals surface area contributed by atoms with Crippen molar-refractivity contribution in [2.75, 3.05) is 24.6 Å². The van der Waals surface area contributed by atoms with Crippen LogP contribution in [0.15, 0.2) is 17.3 Å². The Kier molecular flexibility index (Phi) is 8.31. The summed E-state index contributed by atoms with van der Waals surface area (Å²) in [5, 5.41) is 7.34. The maximum absolute atomic E-state index is 12.2. The van der Waals surface area contributed by atoms with Crippen molar-refractivity contribution >= 4 is 21.8 Å². The van der Waals surface area contributed by atoms with Crippen LogP contribution in [0.1, 0.15) is 27.2 Å². The van der Waals surface area contributed by atoms with Crippen LogP contribution in [0.2, 0.25) is 0 Å².